The number of thiophene rings is 1. The van der Waals surface area contributed by atoms with Crippen molar-refractivity contribution in [3.8, 4) is 0 Å². The molecule has 0 aliphatic heterocycles. The van der Waals surface area contributed by atoms with Crippen molar-refractivity contribution < 1.29 is 0 Å². The van der Waals surface area contributed by atoms with Crippen LogP contribution in [-0.2, 0) is 12.8 Å². The van der Waals surface area contributed by atoms with Gasteiger partial charge in [0.25, 0.3) is 0 Å². The Kier molecular flexibility index (Phi) is 4.98. The predicted molar refractivity (Wildman–Crippen MR) is 83.2 cm³/mol. The second kappa shape index (κ2) is 6.50. The molecule has 0 saturated carbocycles. The molecule has 1 aromatic carbocycles. The second-order valence-electron chi connectivity index (χ2n) is 4.73. The summed E-state index contributed by atoms with van der Waals surface area (Å²) in [6, 6.07) is 10.9. The molecule has 18 heavy (non-hydrogen) atoms. The van der Waals surface area contributed by atoms with E-state index in [4.69, 9.17) is 5.73 Å². The van der Waals surface area contributed by atoms with Gasteiger partial charge < -0.3 is 5.73 Å². The standard InChI is InChI=1S/C15H18BrNS/c1-11-3-2-4-12(5-11)6-13(9-17)7-15-8-14(16)10-18-15/h2-5,8,10,13H,6-7,9,17H2,1H3. The first-order chi connectivity index (χ1) is 8.67. The Hall–Kier alpha value is -0.640. The van der Waals surface area contributed by atoms with Crippen molar-refractivity contribution in [2.24, 2.45) is 11.7 Å². The van der Waals surface area contributed by atoms with Crippen LogP contribution in [0.4, 0.5) is 0 Å². The summed E-state index contributed by atoms with van der Waals surface area (Å²) in [4.78, 5) is 1.41. The zero-order chi connectivity index (χ0) is 13.0. The summed E-state index contributed by atoms with van der Waals surface area (Å²) in [5, 5.41) is 2.13. The average molecular weight is 324 g/mol. The van der Waals surface area contributed by atoms with Gasteiger partial charge in [0.15, 0.2) is 0 Å². The van der Waals surface area contributed by atoms with E-state index in [2.05, 4.69) is 58.6 Å². The van der Waals surface area contributed by atoms with Crippen molar-refractivity contribution in [3.63, 3.8) is 0 Å². The number of hydrogen-bond acceptors (Lipinski definition) is 2. The summed E-state index contributed by atoms with van der Waals surface area (Å²) in [6.07, 6.45) is 2.13. The van der Waals surface area contributed by atoms with Gasteiger partial charge >= 0.3 is 0 Å². The lowest BCUT2D eigenvalue weighted by atomic mass is 9.95. The topological polar surface area (TPSA) is 26.0 Å². The number of hydrogen-bond donors (Lipinski definition) is 1. The first-order valence-corrected chi connectivity index (χ1v) is 7.83. The number of halogens is 1. The van der Waals surface area contributed by atoms with E-state index in [1.807, 2.05) is 0 Å². The molecule has 0 bridgehead atoms. The molecule has 1 heterocycles. The molecular formula is C15H18BrNS. The van der Waals surface area contributed by atoms with Gasteiger partial charge in [0, 0.05) is 14.7 Å². The van der Waals surface area contributed by atoms with Crippen molar-refractivity contribution in [1.29, 1.82) is 0 Å². The lowest BCUT2D eigenvalue weighted by Crippen LogP contribution is -2.19. The second-order valence-corrected chi connectivity index (χ2v) is 6.64. The van der Waals surface area contributed by atoms with Crippen LogP contribution in [0.5, 0.6) is 0 Å². The Labute approximate surface area is 121 Å². The molecule has 1 unspecified atom stereocenters. The van der Waals surface area contributed by atoms with Crippen LogP contribution in [0.1, 0.15) is 16.0 Å². The third-order valence-corrected chi connectivity index (χ3v) is 4.77. The molecule has 1 nitrogen and oxygen atoms in total. The van der Waals surface area contributed by atoms with Crippen LogP contribution in [0.25, 0.3) is 0 Å². The van der Waals surface area contributed by atoms with Gasteiger partial charge in [-0.2, -0.15) is 0 Å². The van der Waals surface area contributed by atoms with Crippen molar-refractivity contribution >= 4 is 27.3 Å². The highest BCUT2D eigenvalue weighted by molar-refractivity contribution is 9.10. The maximum Gasteiger partial charge on any atom is 0.0285 e. The summed E-state index contributed by atoms with van der Waals surface area (Å²) in [5.74, 6) is 0.525. The molecule has 1 atom stereocenters. The van der Waals surface area contributed by atoms with Crippen LogP contribution in [0.2, 0.25) is 0 Å². The monoisotopic (exact) mass is 323 g/mol. The summed E-state index contributed by atoms with van der Waals surface area (Å²) >= 11 is 5.30. The summed E-state index contributed by atoms with van der Waals surface area (Å²) < 4.78 is 1.17. The van der Waals surface area contributed by atoms with E-state index in [0.29, 0.717) is 5.92 Å². The third-order valence-electron chi connectivity index (χ3n) is 3.05. The third kappa shape index (κ3) is 3.94. The van der Waals surface area contributed by atoms with Gasteiger partial charge in [-0.3, -0.25) is 0 Å². The number of aryl methyl sites for hydroxylation is 1. The average Bonchev–Trinajstić information content (AvgIpc) is 2.74. The minimum Gasteiger partial charge on any atom is -0.330 e. The normalized spacial score (nSPS) is 12.6. The van der Waals surface area contributed by atoms with E-state index in [9.17, 15) is 0 Å². The number of rotatable bonds is 5. The predicted octanol–water partition coefficient (Wildman–Crippen LogP) is 4.18. The molecule has 0 aliphatic rings. The summed E-state index contributed by atoms with van der Waals surface area (Å²) in [7, 11) is 0. The molecule has 1 aromatic heterocycles. The smallest absolute Gasteiger partial charge is 0.0285 e. The summed E-state index contributed by atoms with van der Waals surface area (Å²) in [5.41, 5.74) is 8.62. The van der Waals surface area contributed by atoms with Gasteiger partial charge in [-0.05, 0) is 59.8 Å². The highest BCUT2D eigenvalue weighted by atomic mass is 79.9. The Morgan fingerprint density at radius 2 is 2.11 bits per heavy atom. The maximum atomic E-state index is 5.91. The van der Waals surface area contributed by atoms with Gasteiger partial charge in [0.2, 0.25) is 0 Å². The minimum absolute atomic E-state index is 0.525. The van der Waals surface area contributed by atoms with Crippen LogP contribution >= 0.6 is 27.3 Å². The van der Waals surface area contributed by atoms with Gasteiger partial charge in [0.1, 0.15) is 0 Å². The van der Waals surface area contributed by atoms with Crippen LogP contribution < -0.4 is 5.73 Å². The molecule has 2 rings (SSSR count). The van der Waals surface area contributed by atoms with Crippen molar-refractivity contribution in [3.05, 3.63) is 56.2 Å². The minimum atomic E-state index is 0.525. The van der Waals surface area contributed by atoms with Gasteiger partial charge in [-0.25, -0.2) is 0 Å². The molecule has 0 spiro atoms. The molecule has 0 aliphatic carbocycles. The maximum absolute atomic E-state index is 5.91. The SMILES string of the molecule is Cc1cccc(CC(CN)Cc2cc(Br)cs2)c1. The first-order valence-electron chi connectivity index (χ1n) is 6.16. The molecule has 96 valence electrons. The summed E-state index contributed by atoms with van der Waals surface area (Å²) in [6.45, 7) is 2.88. The Morgan fingerprint density at radius 1 is 1.28 bits per heavy atom. The van der Waals surface area contributed by atoms with E-state index in [1.54, 1.807) is 11.3 Å². The number of benzene rings is 1. The van der Waals surface area contributed by atoms with Crippen molar-refractivity contribution in [2.75, 3.05) is 6.54 Å². The zero-order valence-electron chi connectivity index (χ0n) is 10.5. The van der Waals surface area contributed by atoms with Crippen molar-refractivity contribution in [2.45, 2.75) is 19.8 Å². The van der Waals surface area contributed by atoms with E-state index < -0.39 is 0 Å². The van der Waals surface area contributed by atoms with Gasteiger partial charge in [-0.1, -0.05) is 29.8 Å². The van der Waals surface area contributed by atoms with Gasteiger partial charge in [0.05, 0.1) is 0 Å². The zero-order valence-corrected chi connectivity index (χ0v) is 12.9. The molecule has 0 radical (unpaired) electrons. The Bertz CT molecular complexity index is 507. The van der Waals surface area contributed by atoms with E-state index >= 15 is 0 Å². The number of nitrogens with two attached hydrogens (primary N) is 1. The fourth-order valence-corrected chi connectivity index (χ4v) is 3.72. The molecule has 0 saturated heterocycles. The van der Waals surface area contributed by atoms with E-state index in [0.717, 1.165) is 19.4 Å². The molecular weight excluding hydrogens is 306 g/mol. The molecule has 0 fully saturated rings. The van der Waals surface area contributed by atoms with Crippen LogP contribution in [0, 0.1) is 12.8 Å². The molecule has 3 heteroatoms. The van der Waals surface area contributed by atoms with Crippen LogP contribution in [0.3, 0.4) is 0 Å². The molecule has 0 amide bonds. The molecule has 2 N–H and O–H groups in total. The highest BCUT2D eigenvalue weighted by Gasteiger charge is 2.10. The first kappa shape index (κ1) is 13.8. The largest absolute Gasteiger partial charge is 0.330 e. The quantitative estimate of drug-likeness (QED) is 0.877. The Balaban J connectivity index is 2.01. The van der Waals surface area contributed by atoms with Gasteiger partial charge in [-0.15, -0.1) is 11.3 Å². The van der Waals surface area contributed by atoms with Crippen molar-refractivity contribution in [1.82, 2.24) is 0 Å². The van der Waals surface area contributed by atoms with E-state index in [1.165, 1.54) is 20.5 Å². The van der Waals surface area contributed by atoms with Crippen LogP contribution in [0.15, 0.2) is 40.2 Å². The van der Waals surface area contributed by atoms with E-state index in [-0.39, 0.29) is 0 Å². The molecule has 2 aromatic rings. The fourth-order valence-electron chi connectivity index (χ4n) is 2.16. The lowest BCUT2D eigenvalue weighted by Gasteiger charge is -2.14. The lowest BCUT2D eigenvalue weighted by molar-refractivity contribution is 0.537. The highest BCUT2D eigenvalue weighted by Crippen LogP contribution is 2.23. The van der Waals surface area contributed by atoms with Crippen LogP contribution in [-0.4, -0.2) is 6.54 Å². The Morgan fingerprint density at radius 3 is 2.72 bits per heavy atom. The fraction of sp³-hybridized carbons (Fsp3) is 0.333.